The van der Waals surface area contributed by atoms with Crippen LogP contribution in [0.5, 0.6) is 0 Å². The highest BCUT2D eigenvalue weighted by Gasteiger charge is 2.07. The van der Waals surface area contributed by atoms with Crippen molar-refractivity contribution in [2.45, 2.75) is 45.6 Å². The second kappa shape index (κ2) is 8.54. The Morgan fingerprint density at radius 3 is 2.45 bits per heavy atom. The molecule has 3 heteroatoms. The van der Waals surface area contributed by atoms with E-state index >= 15 is 0 Å². The Balaban J connectivity index is 2.56. The maximum absolute atomic E-state index is 11.8. The van der Waals surface area contributed by atoms with E-state index in [2.05, 4.69) is 31.3 Å². The Labute approximate surface area is 121 Å². The lowest BCUT2D eigenvalue weighted by molar-refractivity contribution is -0.117. The van der Waals surface area contributed by atoms with Crippen molar-refractivity contribution in [2.75, 3.05) is 6.61 Å². The Morgan fingerprint density at radius 1 is 1.30 bits per heavy atom. The summed E-state index contributed by atoms with van der Waals surface area (Å²) in [6.07, 6.45) is 4.78. The minimum Gasteiger partial charge on any atom is -0.396 e. The first-order valence-electron chi connectivity index (χ1n) is 7.26. The molecular weight excluding hydrogens is 250 g/mol. The van der Waals surface area contributed by atoms with Gasteiger partial charge in [0.2, 0.25) is 5.91 Å². The van der Waals surface area contributed by atoms with E-state index in [0.29, 0.717) is 12.3 Å². The van der Waals surface area contributed by atoms with Crippen molar-refractivity contribution < 1.29 is 9.90 Å². The van der Waals surface area contributed by atoms with Gasteiger partial charge in [0.05, 0.1) is 0 Å². The summed E-state index contributed by atoms with van der Waals surface area (Å²) in [5, 5.41) is 11.8. The lowest BCUT2D eigenvalue weighted by Crippen LogP contribution is -2.33. The van der Waals surface area contributed by atoms with Gasteiger partial charge in [0.15, 0.2) is 0 Å². The van der Waals surface area contributed by atoms with Crippen LogP contribution in [0, 0.1) is 0 Å². The van der Waals surface area contributed by atoms with Crippen molar-refractivity contribution in [3.05, 3.63) is 41.5 Å². The number of nitrogens with one attached hydrogen (secondary N) is 1. The maximum atomic E-state index is 11.8. The largest absolute Gasteiger partial charge is 0.396 e. The fourth-order valence-electron chi connectivity index (χ4n) is 1.95. The third-order valence-electron chi connectivity index (χ3n) is 3.35. The van der Waals surface area contributed by atoms with Gasteiger partial charge in [-0.25, -0.2) is 0 Å². The molecule has 1 aromatic carbocycles. The van der Waals surface area contributed by atoms with Crippen molar-refractivity contribution in [1.29, 1.82) is 0 Å². The number of aliphatic hydroxyl groups excluding tert-OH is 1. The van der Waals surface area contributed by atoms with E-state index in [-0.39, 0.29) is 18.6 Å². The third-order valence-corrected chi connectivity index (χ3v) is 3.35. The van der Waals surface area contributed by atoms with E-state index in [4.69, 9.17) is 5.11 Å². The fourth-order valence-corrected chi connectivity index (χ4v) is 1.95. The molecule has 2 N–H and O–H groups in total. The summed E-state index contributed by atoms with van der Waals surface area (Å²) in [5.41, 5.74) is 2.31. The lowest BCUT2D eigenvalue weighted by atomic mass is 10.0. The highest BCUT2D eigenvalue weighted by atomic mass is 16.3. The summed E-state index contributed by atoms with van der Waals surface area (Å²) in [6, 6.07) is 8.25. The molecule has 0 aliphatic rings. The van der Waals surface area contributed by atoms with Crippen molar-refractivity contribution in [3.63, 3.8) is 0 Å². The molecule has 0 saturated heterocycles. The minimum absolute atomic E-state index is 0.0421. The van der Waals surface area contributed by atoms with Crippen molar-refractivity contribution in [2.24, 2.45) is 0 Å². The average Bonchev–Trinajstić information content (AvgIpc) is 2.45. The van der Waals surface area contributed by atoms with Crippen molar-refractivity contribution >= 4 is 12.0 Å². The summed E-state index contributed by atoms with van der Waals surface area (Å²) < 4.78 is 0. The number of hydrogen-bond acceptors (Lipinski definition) is 2. The van der Waals surface area contributed by atoms with Gasteiger partial charge in [-0.05, 0) is 36.0 Å². The highest BCUT2D eigenvalue weighted by molar-refractivity contribution is 5.91. The minimum atomic E-state index is -0.113. The molecule has 1 aromatic rings. The Kier molecular flexibility index (Phi) is 7.02. The maximum Gasteiger partial charge on any atom is 0.244 e. The van der Waals surface area contributed by atoms with E-state index < -0.39 is 0 Å². The first kappa shape index (κ1) is 16.4. The molecule has 1 atom stereocenters. The fraction of sp³-hybridized carbons (Fsp3) is 0.471. The molecule has 3 nitrogen and oxygen atoms in total. The van der Waals surface area contributed by atoms with Gasteiger partial charge in [-0.15, -0.1) is 0 Å². The van der Waals surface area contributed by atoms with Crippen LogP contribution in [-0.2, 0) is 4.79 Å². The molecule has 0 heterocycles. The number of carbonyl (C=O) groups excluding carboxylic acids is 1. The van der Waals surface area contributed by atoms with E-state index in [1.807, 2.05) is 25.1 Å². The predicted molar refractivity (Wildman–Crippen MR) is 83.5 cm³/mol. The van der Waals surface area contributed by atoms with Crippen LogP contribution in [0.4, 0.5) is 0 Å². The van der Waals surface area contributed by atoms with E-state index in [9.17, 15) is 4.79 Å². The zero-order chi connectivity index (χ0) is 15.0. The van der Waals surface area contributed by atoms with Crippen LogP contribution in [0.2, 0.25) is 0 Å². The van der Waals surface area contributed by atoms with Gasteiger partial charge in [-0.1, -0.05) is 45.0 Å². The third kappa shape index (κ3) is 5.57. The topological polar surface area (TPSA) is 49.3 Å². The van der Waals surface area contributed by atoms with Crippen molar-refractivity contribution in [1.82, 2.24) is 5.32 Å². The monoisotopic (exact) mass is 275 g/mol. The van der Waals surface area contributed by atoms with Crippen LogP contribution >= 0.6 is 0 Å². The molecule has 1 rings (SSSR count). The standard InChI is InChI=1S/C17H25NO2/c1-4-16(11-12-19)18-17(20)10-7-14-5-8-15(9-6-14)13(2)3/h5-10,13,16,19H,4,11-12H2,1-3H3,(H,18,20)/b10-7+. The highest BCUT2D eigenvalue weighted by Crippen LogP contribution is 2.15. The molecule has 0 spiro atoms. The van der Waals surface area contributed by atoms with Crippen molar-refractivity contribution in [3.8, 4) is 0 Å². The molecule has 0 aromatic heterocycles. The van der Waals surface area contributed by atoms with Crippen LogP contribution in [-0.4, -0.2) is 23.7 Å². The molecule has 0 fully saturated rings. The van der Waals surface area contributed by atoms with E-state index in [1.165, 1.54) is 5.56 Å². The molecule has 20 heavy (non-hydrogen) atoms. The lowest BCUT2D eigenvalue weighted by Gasteiger charge is -2.13. The number of amides is 1. The first-order chi connectivity index (χ1) is 9.56. The summed E-state index contributed by atoms with van der Waals surface area (Å²) in [7, 11) is 0. The average molecular weight is 275 g/mol. The van der Waals surface area contributed by atoms with Gasteiger partial charge in [0.1, 0.15) is 0 Å². The zero-order valence-electron chi connectivity index (χ0n) is 12.6. The molecule has 110 valence electrons. The molecular formula is C17H25NO2. The van der Waals surface area contributed by atoms with Crippen LogP contribution in [0.3, 0.4) is 0 Å². The van der Waals surface area contributed by atoms with Gasteiger partial charge >= 0.3 is 0 Å². The molecule has 1 unspecified atom stereocenters. The van der Waals surface area contributed by atoms with Gasteiger partial charge < -0.3 is 10.4 Å². The second-order valence-electron chi connectivity index (χ2n) is 5.28. The molecule has 0 saturated carbocycles. The number of aliphatic hydroxyl groups is 1. The van der Waals surface area contributed by atoms with E-state index in [1.54, 1.807) is 6.08 Å². The smallest absolute Gasteiger partial charge is 0.244 e. The number of carbonyl (C=O) groups is 1. The Hall–Kier alpha value is -1.61. The normalized spacial score (nSPS) is 12.8. The van der Waals surface area contributed by atoms with Crippen LogP contribution in [0.25, 0.3) is 6.08 Å². The Bertz CT molecular complexity index is 435. The van der Waals surface area contributed by atoms with E-state index in [0.717, 1.165) is 12.0 Å². The first-order valence-corrected chi connectivity index (χ1v) is 7.26. The quantitative estimate of drug-likeness (QED) is 0.751. The SMILES string of the molecule is CCC(CCO)NC(=O)/C=C/c1ccc(C(C)C)cc1. The molecule has 0 bridgehead atoms. The zero-order valence-corrected chi connectivity index (χ0v) is 12.6. The number of rotatable bonds is 7. The van der Waals surface area contributed by atoms with Crippen LogP contribution in [0.15, 0.2) is 30.3 Å². The Morgan fingerprint density at radius 2 is 1.95 bits per heavy atom. The number of benzene rings is 1. The molecule has 0 aliphatic heterocycles. The van der Waals surface area contributed by atoms with Gasteiger partial charge in [0, 0.05) is 18.7 Å². The predicted octanol–water partition coefficient (Wildman–Crippen LogP) is 3.10. The second-order valence-corrected chi connectivity index (χ2v) is 5.28. The van der Waals surface area contributed by atoms with Crippen LogP contribution < -0.4 is 5.32 Å². The number of hydrogen-bond donors (Lipinski definition) is 2. The summed E-state index contributed by atoms with van der Waals surface area (Å²) in [5.74, 6) is 0.401. The molecule has 0 radical (unpaired) electrons. The van der Waals surface area contributed by atoms with Crippen LogP contribution in [0.1, 0.15) is 50.7 Å². The molecule has 1 amide bonds. The summed E-state index contributed by atoms with van der Waals surface area (Å²) in [4.78, 5) is 11.8. The summed E-state index contributed by atoms with van der Waals surface area (Å²) in [6.45, 7) is 6.41. The summed E-state index contributed by atoms with van der Waals surface area (Å²) >= 11 is 0. The molecule has 0 aliphatic carbocycles. The van der Waals surface area contributed by atoms with Gasteiger partial charge in [0.25, 0.3) is 0 Å². The van der Waals surface area contributed by atoms with Gasteiger partial charge in [-0.2, -0.15) is 0 Å². The van der Waals surface area contributed by atoms with Gasteiger partial charge in [-0.3, -0.25) is 4.79 Å².